The van der Waals surface area contributed by atoms with E-state index >= 15 is 0 Å². The van der Waals surface area contributed by atoms with Crippen molar-refractivity contribution in [2.75, 3.05) is 13.2 Å². The zero-order valence-corrected chi connectivity index (χ0v) is 11.8. The standard InChI is InChI=1S/C15H25NO3/c1-10-8-11(9-19-10)15(18)16-7-3-5-13(16)12-4-2-6-14(12)17/h10-14,17H,2-9H2,1H3. The Labute approximate surface area is 115 Å². The van der Waals surface area contributed by atoms with Crippen LogP contribution in [-0.2, 0) is 9.53 Å². The Morgan fingerprint density at radius 1 is 1.26 bits per heavy atom. The molecule has 0 bridgehead atoms. The van der Waals surface area contributed by atoms with E-state index in [1.54, 1.807) is 0 Å². The van der Waals surface area contributed by atoms with Crippen molar-refractivity contribution in [3.8, 4) is 0 Å². The van der Waals surface area contributed by atoms with Crippen LogP contribution in [0.4, 0.5) is 0 Å². The highest BCUT2D eigenvalue weighted by Gasteiger charge is 2.42. The quantitative estimate of drug-likeness (QED) is 0.826. The molecular formula is C15H25NO3. The lowest BCUT2D eigenvalue weighted by Gasteiger charge is -2.32. The lowest BCUT2D eigenvalue weighted by Crippen LogP contribution is -2.45. The van der Waals surface area contributed by atoms with Crippen LogP contribution in [0, 0.1) is 11.8 Å². The number of carbonyl (C=O) groups is 1. The molecule has 0 aromatic heterocycles. The summed E-state index contributed by atoms with van der Waals surface area (Å²) in [7, 11) is 0. The molecule has 0 aromatic carbocycles. The SMILES string of the molecule is CC1CC(C(=O)N2CCCC2C2CCCC2O)CO1. The number of rotatable bonds is 2. The number of hydrogen-bond donors (Lipinski definition) is 1. The van der Waals surface area contributed by atoms with E-state index in [1.165, 1.54) is 0 Å². The van der Waals surface area contributed by atoms with E-state index in [4.69, 9.17) is 4.74 Å². The summed E-state index contributed by atoms with van der Waals surface area (Å²) in [5.41, 5.74) is 0. The van der Waals surface area contributed by atoms with E-state index in [1.807, 2.05) is 6.92 Å². The Balaban J connectivity index is 1.67. The van der Waals surface area contributed by atoms with Crippen molar-refractivity contribution >= 4 is 5.91 Å². The van der Waals surface area contributed by atoms with Gasteiger partial charge in [-0.1, -0.05) is 6.42 Å². The highest BCUT2D eigenvalue weighted by atomic mass is 16.5. The fraction of sp³-hybridized carbons (Fsp3) is 0.933. The van der Waals surface area contributed by atoms with Crippen molar-refractivity contribution in [3.63, 3.8) is 0 Å². The van der Waals surface area contributed by atoms with E-state index < -0.39 is 0 Å². The number of ether oxygens (including phenoxy) is 1. The molecule has 2 saturated heterocycles. The Hall–Kier alpha value is -0.610. The maximum absolute atomic E-state index is 12.6. The van der Waals surface area contributed by atoms with Gasteiger partial charge in [-0.2, -0.15) is 0 Å². The molecule has 2 heterocycles. The summed E-state index contributed by atoms with van der Waals surface area (Å²) in [6, 6.07) is 0.279. The summed E-state index contributed by atoms with van der Waals surface area (Å²) < 4.78 is 5.53. The smallest absolute Gasteiger partial charge is 0.228 e. The number of aliphatic hydroxyl groups is 1. The normalized spacial score (nSPS) is 43.1. The van der Waals surface area contributed by atoms with Crippen LogP contribution >= 0.6 is 0 Å². The van der Waals surface area contributed by atoms with Crippen molar-refractivity contribution in [1.29, 1.82) is 0 Å². The molecule has 5 atom stereocenters. The summed E-state index contributed by atoms with van der Waals surface area (Å²) in [5.74, 6) is 0.631. The van der Waals surface area contributed by atoms with Crippen molar-refractivity contribution in [2.45, 2.75) is 63.7 Å². The van der Waals surface area contributed by atoms with Crippen molar-refractivity contribution < 1.29 is 14.6 Å². The monoisotopic (exact) mass is 267 g/mol. The van der Waals surface area contributed by atoms with Crippen LogP contribution in [-0.4, -0.2) is 47.3 Å². The second kappa shape index (κ2) is 5.41. The van der Waals surface area contributed by atoms with Gasteiger partial charge in [-0.15, -0.1) is 0 Å². The van der Waals surface area contributed by atoms with Crippen LogP contribution in [0.25, 0.3) is 0 Å². The van der Waals surface area contributed by atoms with E-state index in [9.17, 15) is 9.90 Å². The molecule has 1 saturated carbocycles. The second-order valence-corrected chi connectivity index (χ2v) is 6.48. The average molecular weight is 267 g/mol. The van der Waals surface area contributed by atoms with Gasteiger partial charge in [0.25, 0.3) is 0 Å². The molecule has 2 aliphatic heterocycles. The van der Waals surface area contributed by atoms with Crippen LogP contribution in [0.2, 0.25) is 0 Å². The minimum atomic E-state index is -0.197. The lowest BCUT2D eigenvalue weighted by molar-refractivity contribution is -0.137. The maximum atomic E-state index is 12.6. The first-order chi connectivity index (χ1) is 9.16. The first-order valence-electron chi connectivity index (χ1n) is 7.77. The number of amides is 1. The van der Waals surface area contributed by atoms with Gasteiger partial charge in [0, 0.05) is 18.5 Å². The van der Waals surface area contributed by atoms with E-state index in [-0.39, 0.29) is 30.1 Å². The van der Waals surface area contributed by atoms with E-state index in [0.29, 0.717) is 12.5 Å². The molecule has 3 fully saturated rings. The van der Waals surface area contributed by atoms with Crippen molar-refractivity contribution in [1.82, 2.24) is 4.90 Å². The molecular weight excluding hydrogens is 242 g/mol. The summed E-state index contributed by atoms with van der Waals surface area (Å²) in [5, 5.41) is 10.1. The third-order valence-electron chi connectivity index (χ3n) is 5.16. The molecule has 5 unspecified atom stereocenters. The second-order valence-electron chi connectivity index (χ2n) is 6.48. The maximum Gasteiger partial charge on any atom is 0.228 e. The number of hydrogen-bond acceptors (Lipinski definition) is 3. The molecule has 1 N–H and O–H groups in total. The highest BCUT2D eigenvalue weighted by Crippen LogP contribution is 2.37. The third kappa shape index (κ3) is 2.52. The summed E-state index contributed by atoms with van der Waals surface area (Å²) in [4.78, 5) is 14.7. The molecule has 108 valence electrons. The predicted molar refractivity (Wildman–Crippen MR) is 71.6 cm³/mol. The summed E-state index contributed by atoms with van der Waals surface area (Å²) in [6.45, 7) is 3.49. The number of carbonyl (C=O) groups excluding carboxylic acids is 1. The number of nitrogens with zero attached hydrogens (tertiary/aromatic N) is 1. The van der Waals surface area contributed by atoms with E-state index in [2.05, 4.69) is 4.90 Å². The highest BCUT2D eigenvalue weighted by molar-refractivity contribution is 5.80. The largest absolute Gasteiger partial charge is 0.393 e. The Morgan fingerprint density at radius 2 is 2.11 bits per heavy atom. The zero-order valence-electron chi connectivity index (χ0n) is 11.8. The van der Waals surface area contributed by atoms with Crippen LogP contribution in [0.5, 0.6) is 0 Å². The minimum Gasteiger partial charge on any atom is -0.393 e. The molecule has 4 nitrogen and oxygen atoms in total. The third-order valence-corrected chi connectivity index (χ3v) is 5.16. The Kier molecular flexibility index (Phi) is 3.81. The molecule has 3 aliphatic rings. The average Bonchev–Trinajstić information content (AvgIpc) is 3.07. The van der Waals surface area contributed by atoms with Gasteiger partial charge < -0.3 is 14.7 Å². The van der Waals surface area contributed by atoms with E-state index in [0.717, 1.165) is 45.1 Å². The minimum absolute atomic E-state index is 0.0501. The molecule has 0 aromatic rings. The molecule has 1 aliphatic carbocycles. The predicted octanol–water partition coefficient (Wildman–Crippen LogP) is 1.56. The molecule has 19 heavy (non-hydrogen) atoms. The summed E-state index contributed by atoms with van der Waals surface area (Å²) >= 11 is 0. The van der Waals surface area contributed by atoms with Crippen molar-refractivity contribution in [2.24, 2.45) is 11.8 Å². The number of aliphatic hydroxyl groups excluding tert-OH is 1. The summed E-state index contributed by atoms with van der Waals surface area (Å²) in [6.07, 6.45) is 6.12. The topological polar surface area (TPSA) is 49.8 Å². The van der Waals surface area contributed by atoms with Gasteiger partial charge in [-0.3, -0.25) is 4.79 Å². The molecule has 1 amide bonds. The Morgan fingerprint density at radius 3 is 2.74 bits per heavy atom. The van der Waals surface area contributed by atoms with Crippen LogP contribution in [0.1, 0.15) is 45.4 Å². The lowest BCUT2D eigenvalue weighted by atomic mass is 9.93. The van der Waals surface area contributed by atoms with Gasteiger partial charge in [-0.25, -0.2) is 0 Å². The van der Waals surface area contributed by atoms with Gasteiger partial charge in [-0.05, 0) is 39.0 Å². The molecule has 3 rings (SSSR count). The van der Waals surface area contributed by atoms with Gasteiger partial charge in [0.1, 0.15) is 0 Å². The van der Waals surface area contributed by atoms with Gasteiger partial charge in [0.2, 0.25) is 5.91 Å². The fourth-order valence-electron chi connectivity index (χ4n) is 4.15. The molecule has 4 heteroatoms. The van der Waals surface area contributed by atoms with Crippen molar-refractivity contribution in [3.05, 3.63) is 0 Å². The first-order valence-corrected chi connectivity index (χ1v) is 7.77. The van der Waals surface area contributed by atoms with Gasteiger partial charge in [0.15, 0.2) is 0 Å². The van der Waals surface area contributed by atoms with Crippen LogP contribution in [0.3, 0.4) is 0 Å². The van der Waals surface area contributed by atoms with Gasteiger partial charge >= 0.3 is 0 Å². The Bertz CT molecular complexity index is 346. The van der Waals surface area contributed by atoms with Gasteiger partial charge in [0.05, 0.1) is 24.7 Å². The fourth-order valence-corrected chi connectivity index (χ4v) is 4.15. The molecule has 0 radical (unpaired) electrons. The number of likely N-dealkylation sites (tertiary alicyclic amines) is 1. The first kappa shape index (κ1) is 13.4. The molecule has 0 spiro atoms. The van der Waals surface area contributed by atoms with Crippen LogP contribution < -0.4 is 0 Å². The van der Waals surface area contributed by atoms with Crippen LogP contribution in [0.15, 0.2) is 0 Å². The zero-order chi connectivity index (χ0) is 13.4.